The predicted octanol–water partition coefficient (Wildman–Crippen LogP) is 4.59. The first kappa shape index (κ1) is 18.8. The number of nitrogens with zero attached hydrogens (tertiary/aromatic N) is 3. The molecule has 0 unspecified atom stereocenters. The Morgan fingerprint density at radius 1 is 0.966 bits per heavy atom. The fourth-order valence-electron chi connectivity index (χ4n) is 3.35. The molecule has 5 nitrogen and oxygen atoms in total. The van der Waals surface area contributed by atoms with Gasteiger partial charge in [0.2, 0.25) is 5.95 Å². The minimum absolute atomic E-state index is 0.0371. The molecule has 2 aromatic carbocycles. The van der Waals surface area contributed by atoms with Crippen LogP contribution in [0.15, 0.2) is 54.7 Å². The molecule has 0 amide bonds. The topological polar surface area (TPSA) is 81.8 Å². The molecule has 29 heavy (non-hydrogen) atoms. The number of aromatic nitrogens is 3. The number of anilines is 1. The number of para-hydroxylation sites is 2. The minimum Gasteiger partial charge on any atom is -0.368 e. The number of pyridine rings is 1. The van der Waals surface area contributed by atoms with Gasteiger partial charge in [-0.3, -0.25) is 9.78 Å². The van der Waals surface area contributed by atoms with Crippen LogP contribution in [-0.2, 0) is 12.6 Å². The van der Waals surface area contributed by atoms with Crippen molar-refractivity contribution in [2.24, 2.45) is 0 Å². The van der Waals surface area contributed by atoms with Crippen molar-refractivity contribution in [3.8, 4) is 0 Å². The van der Waals surface area contributed by atoms with Crippen LogP contribution in [0.5, 0.6) is 0 Å². The third kappa shape index (κ3) is 3.61. The third-order valence-electron chi connectivity index (χ3n) is 4.65. The van der Waals surface area contributed by atoms with E-state index in [4.69, 9.17) is 5.73 Å². The number of halogens is 3. The maximum atomic E-state index is 13.3. The Bertz CT molecular complexity index is 1230. The molecule has 0 aliphatic carbocycles. The van der Waals surface area contributed by atoms with E-state index in [0.717, 1.165) is 22.5 Å². The summed E-state index contributed by atoms with van der Waals surface area (Å²) >= 11 is 0. The molecule has 8 heteroatoms. The van der Waals surface area contributed by atoms with Gasteiger partial charge in [0.1, 0.15) is 5.69 Å². The van der Waals surface area contributed by atoms with Crippen LogP contribution in [0.4, 0.5) is 19.1 Å². The Kier molecular flexibility index (Phi) is 4.62. The molecule has 146 valence electrons. The van der Waals surface area contributed by atoms with Gasteiger partial charge in [-0.15, -0.1) is 0 Å². The van der Waals surface area contributed by atoms with Crippen molar-refractivity contribution >= 4 is 33.5 Å². The molecule has 0 aliphatic rings. The van der Waals surface area contributed by atoms with E-state index in [1.807, 2.05) is 30.3 Å². The number of carbonyl (C=O) groups is 1. The summed E-state index contributed by atoms with van der Waals surface area (Å²) in [4.78, 5) is 24.8. The van der Waals surface area contributed by atoms with Crippen molar-refractivity contribution in [1.82, 2.24) is 15.0 Å². The summed E-state index contributed by atoms with van der Waals surface area (Å²) in [5.41, 5.74) is 5.84. The Morgan fingerprint density at radius 3 is 2.52 bits per heavy atom. The van der Waals surface area contributed by atoms with Crippen molar-refractivity contribution in [3.63, 3.8) is 0 Å². The van der Waals surface area contributed by atoms with E-state index in [-0.39, 0.29) is 29.0 Å². The summed E-state index contributed by atoms with van der Waals surface area (Å²) in [5.74, 6) is -0.777. The highest BCUT2D eigenvalue weighted by Crippen LogP contribution is 2.35. The minimum atomic E-state index is -4.62. The summed E-state index contributed by atoms with van der Waals surface area (Å²) in [7, 11) is 0. The molecule has 0 atom stereocenters. The standard InChI is InChI=1S/C21H15F3N4O/c22-21(23,24)15-8-2-7-14-18(15)27-20(25)28-19(14)16(29)10-9-13-5-1-4-12-6-3-11-26-17(12)13/h1-8,11H,9-10H2,(H2,25,27,28). The molecular weight excluding hydrogens is 381 g/mol. The second-order valence-electron chi connectivity index (χ2n) is 6.55. The summed E-state index contributed by atoms with van der Waals surface area (Å²) in [6, 6.07) is 13.0. The van der Waals surface area contributed by atoms with Crippen LogP contribution in [0.25, 0.3) is 21.8 Å². The van der Waals surface area contributed by atoms with Crippen LogP contribution >= 0.6 is 0 Å². The van der Waals surface area contributed by atoms with E-state index in [2.05, 4.69) is 15.0 Å². The Morgan fingerprint density at radius 2 is 1.72 bits per heavy atom. The van der Waals surface area contributed by atoms with E-state index in [1.54, 1.807) is 6.20 Å². The Hall–Kier alpha value is -3.55. The maximum Gasteiger partial charge on any atom is 0.418 e. The average molecular weight is 396 g/mol. The molecule has 0 aliphatic heterocycles. The number of carbonyl (C=O) groups excluding carboxylic acids is 1. The molecule has 2 heterocycles. The monoisotopic (exact) mass is 396 g/mol. The van der Waals surface area contributed by atoms with Gasteiger partial charge in [0.15, 0.2) is 5.78 Å². The van der Waals surface area contributed by atoms with E-state index >= 15 is 0 Å². The van der Waals surface area contributed by atoms with Crippen LogP contribution in [0.2, 0.25) is 0 Å². The normalized spacial score (nSPS) is 11.8. The number of Topliss-reactive ketones (excluding diaryl/α,β-unsaturated/α-hetero) is 1. The summed E-state index contributed by atoms with van der Waals surface area (Å²) in [6.07, 6.45) is -2.52. The number of nitrogen functional groups attached to an aromatic ring is 1. The van der Waals surface area contributed by atoms with Crippen molar-refractivity contribution in [3.05, 3.63) is 71.5 Å². The van der Waals surface area contributed by atoms with Crippen LogP contribution in [0, 0.1) is 0 Å². The van der Waals surface area contributed by atoms with Crippen LogP contribution < -0.4 is 5.73 Å². The number of hydrogen-bond donors (Lipinski definition) is 1. The number of rotatable bonds is 4. The maximum absolute atomic E-state index is 13.3. The van der Waals surface area contributed by atoms with Crippen LogP contribution in [-0.4, -0.2) is 20.7 Å². The zero-order valence-corrected chi connectivity index (χ0v) is 15.1. The fourth-order valence-corrected chi connectivity index (χ4v) is 3.35. The quantitative estimate of drug-likeness (QED) is 0.510. The van der Waals surface area contributed by atoms with E-state index in [0.29, 0.717) is 6.42 Å². The molecule has 0 fully saturated rings. The highest BCUT2D eigenvalue weighted by molar-refractivity contribution is 6.06. The fraction of sp³-hybridized carbons (Fsp3) is 0.143. The largest absolute Gasteiger partial charge is 0.418 e. The third-order valence-corrected chi connectivity index (χ3v) is 4.65. The van der Waals surface area contributed by atoms with Gasteiger partial charge >= 0.3 is 6.18 Å². The van der Waals surface area contributed by atoms with Gasteiger partial charge in [-0.05, 0) is 24.1 Å². The average Bonchev–Trinajstić information content (AvgIpc) is 2.70. The lowest BCUT2D eigenvalue weighted by Gasteiger charge is -2.12. The van der Waals surface area contributed by atoms with Gasteiger partial charge in [0, 0.05) is 23.4 Å². The van der Waals surface area contributed by atoms with Gasteiger partial charge in [0.25, 0.3) is 0 Å². The van der Waals surface area contributed by atoms with Crippen molar-refractivity contribution in [2.75, 3.05) is 5.73 Å². The molecule has 0 spiro atoms. The van der Waals surface area contributed by atoms with Crippen molar-refractivity contribution < 1.29 is 18.0 Å². The predicted molar refractivity (Wildman–Crippen MR) is 103 cm³/mol. The second-order valence-corrected chi connectivity index (χ2v) is 6.55. The first-order chi connectivity index (χ1) is 13.8. The number of aryl methyl sites for hydroxylation is 1. The number of nitrogens with two attached hydrogens (primary N) is 1. The number of alkyl halides is 3. The smallest absolute Gasteiger partial charge is 0.368 e. The van der Waals surface area contributed by atoms with E-state index < -0.39 is 17.5 Å². The van der Waals surface area contributed by atoms with Gasteiger partial charge in [-0.25, -0.2) is 9.97 Å². The van der Waals surface area contributed by atoms with E-state index in [1.165, 1.54) is 12.1 Å². The molecule has 0 radical (unpaired) electrons. The zero-order chi connectivity index (χ0) is 20.6. The zero-order valence-electron chi connectivity index (χ0n) is 15.1. The molecule has 4 aromatic rings. The van der Waals surface area contributed by atoms with Gasteiger partial charge in [-0.2, -0.15) is 13.2 Å². The van der Waals surface area contributed by atoms with Crippen molar-refractivity contribution in [2.45, 2.75) is 19.0 Å². The SMILES string of the molecule is Nc1nc(C(=O)CCc2cccc3cccnc23)c2cccc(C(F)(F)F)c2n1. The molecular formula is C21H15F3N4O. The van der Waals surface area contributed by atoms with Crippen LogP contribution in [0.3, 0.4) is 0 Å². The summed E-state index contributed by atoms with van der Waals surface area (Å²) < 4.78 is 39.9. The summed E-state index contributed by atoms with van der Waals surface area (Å²) in [6.45, 7) is 0. The lowest BCUT2D eigenvalue weighted by molar-refractivity contribution is -0.136. The Labute approximate surface area is 163 Å². The molecule has 0 saturated heterocycles. The molecule has 0 saturated carbocycles. The highest BCUT2D eigenvalue weighted by atomic mass is 19.4. The van der Waals surface area contributed by atoms with Gasteiger partial charge in [-0.1, -0.05) is 36.4 Å². The Balaban J connectivity index is 1.70. The number of fused-ring (bicyclic) bond motifs is 2. The first-order valence-corrected chi connectivity index (χ1v) is 8.84. The number of hydrogen-bond acceptors (Lipinski definition) is 5. The molecule has 0 bridgehead atoms. The molecule has 2 N–H and O–H groups in total. The lowest BCUT2D eigenvalue weighted by Crippen LogP contribution is -2.12. The first-order valence-electron chi connectivity index (χ1n) is 8.84. The summed E-state index contributed by atoms with van der Waals surface area (Å²) in [5, 5.41) is 0.985. The molecule has 4 rings (SSSR count). The lowest BCUT2D eigenvalue weighted by atomic mass is 10.0. The highest BCUT2D eigenvalue weighted by Gasteiger charge is 2.34. The second kappa shape index (κ2) is 7.12. The van der Waals surface area contributed by atoms with Gasteiger partial charge < -0.3 is 5.73 Å². The van der Waals surface area contributed by atoms with Gasteiger partial charge in [0.05, 0.1) is 16.6 Å². The van der Waals surface area contributed by atoms with Crippen LogP contribution in [0.1, 0.15) is 28.0 Å². The molecule has 2 aromatic heterocycles. The van der Waals surface area contributed by atoms with E-state index in [9.17, 15) is 18.0 Å². The van der Waals surface area contributed by atoms with Crippen molar-refractivity contribution in [1.29, 1.82) is 0 Å². The number of benzene rings is 2. The number of ketones is 1.